The second kappa shape index (κ2) is 5.19. The van der Waals surface area contributed by atoms with Crippen LogP contribution in [0.15, 0.2) is 23.6 Å². The van der Waals surface area contributed by atoms with Crippen LogP contribution in [-0.4, -0.2) is 19.2 Å². The van der Waals surface area contributed by atoms with Crippen molar-refractivity contribution in [2.24, 2.45) is 0 Å². The van der Waals surface area contributed by atoms with Gasteiger partial charge in [0.2, 0.25) is 0 Å². The fourth-order valence-electron chi connectivity index (χ4n) is 1.61. The molecule has 4 heteroatoms. The highest BCUT2D eigenvalue weighted by atomic mass is 32.1. The molecule has 1 aromatic heterocycles. The molecule has 0 amide bonds. The molecule has 0 radical (unpaired) electrons. The average Bonchev–Trinajstić information content (AvgIpc) is 2.86. The summed E-state index contributed by atoms with van der Waals surface area (Å²) in [6, 6.07) is 5.74. The molecule has 1 aromatic carbocycles. The van der Waals surface area contributed by atoms with Crippen molar-refractivity contribution in [2.45, 2.75) is 13.3 Å². The van der Waals surface area contributed by atoms with Crippen LogP contribution in [0.4, 0.5) is 0 Å². The van der Waals surface area contributed by atoms with Gasteiger partial charge in [-0.1, -0.05) is 6.92 Å². The zero-order valence-corrected chi connectivity index (χ0v) is 11.0. The highest BCUT2D eigenvalue weighted by Gasteiger charge is 2.10. The second-order valence-electron chi connectivity index (χ2n) is 3.55. The SMILES string of the molecule is CCc1nc(-c2cc(OC)ccc2OC)cs1. The number of ether oxygens (including phenoxy) is 2. The molecule has 17 heavy (non-hydrogen) atoms. The summed E-state index contributed by atoms with van der Waals surface area (Å²) < 4.78 is 10.6. The highest BCUT2D eigenvalue weighted by molar-refractivity contribution is 7.09. The summed E-state index contributed by atoms with van der Waals surface area (Å²) in [7, 11) is 3.32. The molecule has 0 fully saturated rings. The summed E-state index contributed by atoms with van der Waals surface area (Å²) in [6.07, 6.45) is 0.955. The molecule has 2 aromatic rings. The van der Waals surface area contributed by atoms with E-state index in [-0.39, 0.29) is 0 Å². The van der Waals surface area contributed by atoms with Gasteiger partial charge in [-0.3, -0.25) is 0 Å². The number of rotatable bonds is 4. The lowest BCUT2D eigenvalue weighted by atomic mass is 10.1. The van der Waals surface area contributed by atoms with Crippen LogP contribution in [0, 0.1) is 0 Å². The maximum atomic E-state index is 5.35. The van der Waals surface area contributed by atoms with Crippen LogP contribution < -0.4 is 9.47 Å². The first kappa shape index (κ1) is 11.9. The lowest BCUT2D eigenvalue weighted by Crippen LogP contribution is -1.90. The zero-order chi connectivity index (χ0) is 12.3. The molecule has 1 heterocycles. The van der Waals surface area contributed by atoms with Crippen LogP contribution in [0.3, 0.4) is 0 Å². The Bertz CT molecular complexity index is 508. The lowest BCUT2D eigenvalue weighted by Gasteiger charge is -2.08. The Labute approximate surface area is 105 Å². The van der Waals surface area contributed by atoms with E-state index < -0.39 is 0 Å². The molecule has 0 aliphatic rings. The van der Waals surface area contributed by atoms with Crippen molar-refractivity contribution < 1.29 is 9.47 Å². The standard InChI is InChI=1S/C13H15NO2S/c1-4-13-14-11(8-17-13)10-7-9(15-2)5-6-12(10)16-3/h5-8H,4H2,1-3H3. The normalized spacial score (nSPS) is 10.3. The van der Waals surface area contributed by atoms with E-state index in [2.05, 4.69) is 17.3 Å². The monoisotopic (exact) mass is 249 g/mol. The molecular weight excluding hydrogens is 234 g/mol. The number of aromatic nitrogens is 1. The summed E-state index contributed by atoms with van der Waals surface area (Å²) in [6.45, 7) is 2.10. The average molecular weight is 249 g/mol. The third-order valence-electron chi connectivity index (χ3n) is 2.54. The molecular formula is C13H15NO2S. The fraction of sp³-hybridized carbons (Fsp3) is 0.308. The molecule has 0 saturated heterocycles. The molecule has 0 unspecified atom stereocenters. The second-order valence-corrected chi connectivity index (χ2v) is 4.49. The van der Waals surface area contributed by atoms with Gasteiger partial charge in [-0.05, 0) is 24.6 Å². The summed E-state index contributed by atoms with van der Waals surface area (Å²) in [5.74, 6) is 1.63. The van der Waals surface area contributed by atoms with Crippen molar-refractivity contribution in [1.29, 1.82) is 0 Å². The highest BCUT2D eigenvalue weighted by Crippen LogP contribution is 2.33. The summed E-state index contributed by atoms with van der Waals surface area (Å²) in [5, 5.41) is 3.18. The maximum Gasteiger partial charge on any atom is 0.128 e. The minimum atomic E-state index is 0.812. The van der Waals surface area contributed by atoms with E-state index in [0.717, 1.165) is 34.2 Å². The summed E-state index contributed by atoms with van der Waals surface area (Å²) in [5.41, 5.74) is 1.92. The van der Waals surface area contributed by atoms with E-state index in [4.69, 9.17) is 9.47 Å². The Morgan fingerprint density at radius 2 is 2.06 bits per heavy atom. The molecule has 90 valence electrons. The van der Waals surface area contributed by atoms with Gasteiger partial charge in [0, 0.05) is 10.9 Å². The molecule has 3 nitrogen and oxygen atoms in total. The number of aryl methyl sites for hydroxylation is 1. The Morgan fingerprint density at radius 1 is 1.24 bits per heavy atom. The van der Waals surface area contributed by atoms with Gasteiger partial charge < -0.3 is 9.47 Å². The first-order chi connectivity index (χ1) is 8.28. The number of nitrogens with zero attached hydrogens (tertiary/aromatic N) is 1. The van der Waals surface area contributed by atoms with Crippen LogP contribution >= 0.6 is 11.3 Å². The van der Waals surface area contributed by atoms with E-state index in [9.17, 15) is 0 Å². The van der Waals surface area contributed by atoms with E-state index in [1.54, 1.807) is 25.6 Å². The van der Waals surface area contributed by atoms with Crippen molar-refractivity contribution in [1.82, 2.24) is 4.98 Å². The third kappa shape index (κ3) is 2.42. The predicted molar refractivity (Wildman–Crippen MR) is 70.0 cm³/mol. The first-order valence-corrected chi connectivity index (χ1v) is 6.33. The van der Waals surface area contributed by atoms with E-state index >= 15 is 0 Å². The summed E-state index contributed by atoms with van der Waals surface area (Å²) >= 11 is 1.67. The van der Waals surface area contributed by atoms with Crippen molar-refractivity contribution >= 4 is 11.3 Å². The molecule has 0 bridgehead atoms. The smallest absolute Gasteiger partial charge is 0.128 e. The molecule has 0 aliphatic heterocycles. The van der Waals surface area contributed by atoms with Gasteiger partial charge in [-0.2, -0.15) is 0 Å². The number of methoxy groups -OCH3 is 2. The van der Waals surface area contributed by atoms with Gasteiger partial charge in [0.15, 0.2) is 0 Å². The van der Waals surface area contributed by atoms with Crippen molar-refractivity contribution in [2.75, 3.05) is 14.2 Å². The van der Waals surface area contributed by atoms with Crippen LogP contribution in [-0.2, 0) is 6.42 Å². The Kier molecular flexibility index (Phi) is 3.64. The minimum Gasteiger partial charge on any atom is -0.497 e. The first-order valence-electron chi connectivity index (χ1n) is 5.45. The van der Waals surface area contributed by atoms with E-state index in [1.807, 2.05) is 18.2 Å². The molecule has 0 spiro atoms. The summed E-state index contributed by atoms with van der Waals surface area (Å²) in [4.78, 5) is 4.57. The topological polar surface area (TPSA) is 31.4 Å². The van der Waals surface area contributed by atoms with Gasteiger partial charge in [-0.15, -0.1) is 11.3 Å². The van der Waals surface area contributed by atoms with Gasteiger partial charge in [0.05, 0.1) is 24.9 Å². The third-order valence-corrected chi connectivity index (χ3v) is 3.53. The van der Waals surface area contributed by atoms with Crippen LogP contribution in [0.25, 0.3) is 11.3 Å². The molecule has 0 aliphatic carbocycles. The molecule has 0 atom stereocenters. The van der Waals surface area contributed by atoms with Gasteiger partial charge in [0.1, 0.15) is 11.5 Å². The number of thiazole rings is 1. The largest absolute Gasteiger partial charge is 0.497 e. The van der Waals surface area contributed by atoms with Gasteiger partial charge >= 0.3 is 0 Å². The minimum absolute atomic E-state index is 0.812. The number of benzene rings is 1. The van der Waals surface area contributed by atoms with Crippen LogP contribution in [0.5, 0.6) is 11.5 Å². The number of hydrogen-bond donors (Lipinski definition) is 0. The fourth-order valence-corrected chi connectivity index (χ4v) is 2.36. The van der Waals surface area contributed by atoms with E-state index in [1.165, 1.54) is 0 Å². The maximum absolute atomic E-state index is 5.35. The Morgan fingerprint density at radius 3 is 2.65 bits per heavy atom. The predicted octanol–water partition coefficient (Wildman–Crippen LogP) is 3.39. The lowest BCUT2D eigenvalue weighted by molar-refractivity contribution is 0.404. The number of hydrogen-bond acceptors (Lipinski definition) is 4. The molecule has 2 rings (SSSR count). The zero-order valence-electron chi connectivity index (χ0n) is 10.2. The van der Waals surface area contributed by atoms with Crippen molar-refractivity contribution in [3.05, 3.63) is 28.6 Å². The van der Waals surface area contributed by atoms with E-state index in [0.29, 0.717) is 0 Å². The van der Waals surface area contributed by atoms with Crippen molar-refractivity contribution in [3.8, 4) is 22.8 Å². The van der Waals surface area contributed by atoms with Crippen LogP contribution in [0.1, 0.15) is 11.9 Å². The Balaban J connectivity index is 2.47. The Hall–Kier alpha value is -1.55. The molecule has 0 saturated carbocycles. The van der Waals surface area contributed by atoms with Crippen LogP contribution in [0.2, 0.25) is 0 Å². The quantitative estimate of drug-likeness (QED) is 0.832. The van der Waals surface area contributed by atoms with Gasteiger partial charge in [0.25, 0.3) is 0 Å². The van der Waals surface area contributed by atoms with Gasteiger partial charge in [-0.25, -0.2) is 4.98 Å². The molecule has 0 N–H and O–H groups in total. The van der Waals surface area contributed by atoms with Crippen molar-refractivity contribution in [3.63, 3.8) is 0 Å².